The van der Waals surface area contributed by atoms with E-state index in [1.807, 2.05) is 36.1 Å². The molecule has 2 rings (SSSR count). The van der Waals surface area contributed by atoms with Crippen LogP contribution in [0, 0.1) is 0 Å². The number of anilines is 1. The fourth-order valence-electron chi connectivity index (χ4n) is 2.42. The van der Waals surface area contributed by atoms with Gasteiger partial charge in [0.1, 0.15) is 6.04 Å². The highest BCUT2D eigenvalue weighted by atomic mass is 16.2. The predicted molar refractivity (Wildman–Crippen MR) is 78.4 cm³/mol. The first-order valence-electron chi connectivity index (χ1n) is 7.05. The number of nitrogens with one attached hydrogen (secondary N) is 2. The maximum atomic E-state index is 11.8. The van der Waals surface area contributed by atoms with Gasteiger partial charge < -0.3 is 10.2 Å². The van der Waals surface area contributed by atoms with Crippen molar-refractivity contribution in [2.75, 3.05) is 18.0 Å². The number of hydrogen-bond acceptors (Lipinski definition) is 4. The molecule has 1 saturated heterocycles. The van der Waals surface area contributed by atoms with Crippen LogP contribution in [0.3, 0.4) is 0 Å². The molecule has 1 aliphatic heterocycles. The van der Waals surface area contributed by atoms with E-state index in [0.29, 0.717) is 6.42 Å². The molecule has 1 aromatic carbocycles. The van der Waals surface area contributed by atoms with E-state index in [-0.39, 0.29) is 24.4 Å². The molecule has 1 fully saturated rings. The second-order valence-electron chi connectivity index (χ2n) is 4.91. The van der Waals surface area contributed by atoms with Gasteiger partial charge in [0.25, 0.3) is 0 Å². The van der Waals surface area contributed by atoms with Crippen LogP contribution in [-0.4, -0.2) is 30.9 Å². The topological polar surface area (TPSA) is 61.4 Å². The van der Waals surface area contributed by atoms with E-state index < -0.39 is 0 Å². The Morgan fingerprint density at radius 3 is 2.55 bits per heavy atom. The Labute approximate surface area is 119 Å². The number of piperazine rings is 1. The minimum absolute atomic E-state index is 0.208. The molecule has 108 valence electrons. The van der Waals surface area contributed by atoms with Crippen molar-refractivity contribution >= 4 is 17.5 Å². The molecule has 5 nitrogen and oxygen atoms in total. The third-order valence-electron chi connectivity index (χ3n) is 3.49. The van der Waals surface area contributed by atoms with Gasteiger partial charge in [-0.1, -0.05) is 26.0 Å². The maximum absolute atomic E-state index is 11.8. The van der Waals surface area contributed by atoms with E-state index in [4.69, 9.17) is 0 Å². The van der Waals surface area contributed by atoms with Crippen molar-refractivity contribution in [2.45, 2.75) is 32.9 Å². The maximum Gasteiger partial charge on any atom is 0.249 e. The number of carbonyl (C=O) groups is 2. The molecule has 1 aliphatic rings. The van der Waals surface area contributed by atoms with Gasteiger partial charge in [-0.2, -0.15) is 0 Å². The number of imide groups is 1. The van der Waals surface area contributed by atoms with E-state index >= 15 is 0 Å². The van der Waals surface area contributed by atoms with Gasteiger partial charge in [0.05, 0.1) is 6.54 Å². The van der Waals surface area contributed by atoms with Gasteiger partial charge in [0.2, 0.25) is 11.8 Å². The molecule has 0 aliphatic carbocycles. The van der Waals surface area contributed by atoms with Crippen LogP contribution in [0.15, 0.2) is 24.3 Å². The molecule has 1 atom stereocenters. The van der Waals surface area contributed by atoms with Crippen molar-refractivity contribution in [3.8, 4) is 0 Å². The van der Waals surface area contributed by atoms with Crippen molar-refractivity contribution in [2.24, 2.45) is 0 Å². The predicted octanol–water partition coefficient (Wildman–Crippen LogP) is 1.04. The van der Waals surface area contributed by atoms with Crippen LogP contribution in [0.2, 0.25) is 0 Å². The number of carbonyl (C=O) groups excluding carboxylic acids is 2. The molecule has 2 N–H and O–H groups in total. The molecule has 0 bridgehead atoms. The fraction of sp³-hybridized carbons (Fsp3) is 0.467. The summed E-state index contributed by atoms with van der Waals surface area (Å²) in [7, 11) is 0. The van der Waals surface area contributed by atoms with Crippen LogP contribution in [-0.2, 0) is 16.1 Å². The monoisotopic (exact) mass is 275 g/mol. The molecule has 1 unspecified atom stereocenters. The van der Waals surface area contributed by atoms with Crippen LogP contribution < -0.4 is 15.5 Å². The molecular weight excluding hydrogens is 254 g/mol. The molecule has 1 heterocycles. The van der Waals surface area contributed by atoms with Crippen LogP contribution in [0.1, 0.15) is 25.8 Å². The molecule has 0 aromatic heterocycles. The fourth-order valence-corrected chi connectivity index (χ4v) is 2.42. The van der Waals surface area contributed by atoms with E-state index in [2.05, 4.69) is 17.6 Å². The minimum atomic E-state index is -0.271. The molecule has 5 heteroatoms. The number of nitrogens with zero attached hydrogens (tertiary/aromatic N) is 1. The smallest absolute Gasteiger partial charge is 0.249 e. The summed E-state index contributed by atoms with van der Waals surface area (Å²) in [5.74, 6) is -0.447. The summed E-state index contributed by atoms with van der Waals surface area (Å²) in [6.07, 6.45) is 0.679. The summed E-state index contributed by atoms with van der Waals surface area (Å²) < 4.78 is 0. The Balaban J connectivity index is 2.15. The van der Waals surface area contributed by atoms with E-state index in [1.165, 1.54) is 5.56 Å². The average Bonchev–Trinajstić information content (AvgIpc) is 2.45. The normalized spacial score (nSPS) is 19.1. The molecule has 0 saturated carbocycles. The quantitative estimate of drug-likeness (QED) is 0.788. The molecule has 0 spiro atoms. The van der Waals surface area contributed by atoms with Gasteiger partial charge in [-0.3, -0.25) is 14.9 Å². The second-order valence-corrected chi connectivity index (χ2v) is 4.91. The summed E-state index contributed by atoms with van der Waals surface area (Å²) in [4.78, 5) is 25.3. The summed E-state index contributed by atoms with van der Waals surface area (Å²) in [6, 6.07) is 7.73. The summed E-state index contributed by atoms with van der Waals surface area (Å²) in [6.45, 7) is 6.01. The highest BCUT2D eigenvalue weighted by Crippen LogP contribution is 2.21. The Bertz CT molecular complexity index is 484. The largest absolute Gasteiger partial charge is 0.350 e. The van der Waals surface area contributed by atoms with Gasteiger partial charge >= 0.3 is 0 Å². The zero-order chi connectivity index (χ0) is 14.5. The lowest BCUT2D eigenvalue weighted by atomic mass is 10.1. The van der Waals surface area contributed by atoms with E-state index in [9.17, 15) is 9.59 Å². The van der Waals surface area contributed by atoms with Gasteiger partial charge in [0.15, 0.2) is 0 Å². The Morgan fingerprint density at radius 1 is 1.25 bits per heavy atom. The van der Waals surface area contributed by atoms with Crippen molar-refractivity contribution in [3.63, 3.8) is 0 Å². The number of hydrogen-bond donors (Lipinski definition) is 2. The highest BCUT2D eigenvalue weighted by molar-refractivity contribution is 6.04. The van der Waals surface area contributed by atoms with Crippen molar-refractivity contribution in [1.29, 1.82) is 0 Å². The van der Waals surface area contributed by atoms with Crippen LogP contribution >= 0.6 is 0 Å². The van der Waals surface area contributed by atoms with Crippen LogP contribution in [0.25, 0.3) is 0 Å². The first-order valence-corrected chi connectivity index (χ1v) is 7.05. The van der Waals surface area contributed by atoms with Gasteiger partial charge in [0, 0.05) is 12.2 Å². The van der Waals surface area contributed by atoms with Gasteiger partial charge in [-0.25, -0.2) is 0 Å². The first kappa shape index (κ1) is 14.5. The number of amides is 2. The standard InChI is InChI=1S/C15H21N3O2/c1-3-13-15(20)17-14(19)10-18(13)12-7-5-11(6-8-12)9-16-4-2/h5-8,13,16H,3-4,9-10H2,1-2H3,(H,17,19,20). The van der Waals surface area contributed by atoms with Crippen molar-refractivity contribution in [3.05, 3.63) is 29.8 Å². The van der Waals surface area contributed by atoms with E-state index in [1.54, 1.807) is 0 Å². The zero-order valence-electron chi connectivity index (χ0n) is 12.0. The number of rotatable bonds is 5. The van der Waals surface area contributed by atoms with Crippen LogP contribution in [0.4, 0.5) is 5.69 Å². The Kier molecular flexibility index (Phi) is 4.74. The number of benzene rings is 1. The molecule has 0 radical (unpaired) electrons. The minimum Gasteiger partial charge on any atom is -0.350 e. The Hall–Kier alpha value is -1.88. The van der Waals surface area contributed by atoms with E-state index in [0.717, 1.165) is 18.8 Å². The lowest BCUT2D eigenvalue weighted by Crippen LogP contribution is -2.58. The highest BCUT2D eigenvalue weighted by Gasteiger charge is 2.32. The van der Waals surface area contributed by atoms with Gasteiger partial charge in [-0.05, 0) is 30.7 Å². The second kappa shape index (κ2) is 6.52. The van der Waals surface area contributed by atoms with Crippen molar-refractivity contribution < 1.29 is 9.59 Å². The third kappa shape index (κ3) is 3.17. The first-order chi connectivity index (χ1) is 9.65. The SMILES string of the molecule is CCNCc1ccc(N2CC(=O)NC(=O)C2CC)cc1. The lowest BCUT2D eigenvalue weighted by Gasteiger charge is -2.35. The summed E-state index contributed by atoms with van der Waals surface area (Å²) in [5.41, 5.74) is 2.11. The summed E-state index contributed by atoms with van der Waals surface area (Å²) in [5, 5.41) is 5.66. The molecule has 2 amide bonds. The Morgan fingerprint density at radius 2 is 1.95 bits per heavy atom. The molecular formula is C15H21N3O2. The van der Waals surface area contributed by atoms with Gasteiger partial charge in [-0.15, -0.1) is 0 Å². The zero-order valence-corrected chi connectivity index (χ0v) is 12.0. The third-order valence-corrected chi connectivity index (χ3v) is 3.49. The molecule has 20 heavy (non-hydrogen) atoms. The average molecular weight is 275 g/mol. The van der Waals surface area contributed by atoms with Crippen LogP contribution in [0.5, 0.6) is 0 Å². The van der Waals surface area contributed by atoms with Crippen molar-refractivity contribution in [1.82, 2.24) is 10.6 Å². The summed E-state index contributed by atoms with van der Waals surface area (Å²) >= 11 is 0. The molecule has 1 aromatic rings. The lowest BCUT2D eigenvalue weighted by molar-refractivity contribution is -0.132.